The smallest absolute Gasteiger partial charge is 0.200 e. The second kappa shape index (κ2) is 5.51. The van der Waals surface area contributed by atoms with Crippen LogP contribution >= 0.6 is 11.6 Å². The zero-order chi connectivity index (χ0) is 13.1. The van der Waals surface area contributed by atoms with Crippen molar-refractivity contribution in [2.75, 3.05) is 0 Å². The Bertz CT molecular complexity index is 507. The zero-order valence-corrected chi connectivity index (χ0v) is 11.5. The molecule has 0 saturated heterocycles. The van der Waals surface area contributed by atoms with E-state index in [1.54, 1.807) is 6.92 Å². The Morgan fingerprint density at radius 3 is 2.29 bits per heavy atom. The molecule has 1 aromatic rings. The third kappa shape index (κ3) is 4.02. The highest BCUT2D eigenvalue weighted by atomic mass is 35.5. The molecule has 17 heavy (non-hydrogen) atoms. The number of hydrazone groups is 1. The first-order valence-corrected chi connectivity index (χ1v) is 7.00. The van der Waals surface area contributed by atoms with Crippen molar-refractivity contribution in [2.24, 2.45) is 11.0 Å². The molecule has 1 rings (SSSR count). The summed E-state index contributed by atoms with van der Waals surface area (Å²) >= 11 is 5.69. The molecule has 94 valence electrons. The van der Waals surface area contributed by atoms with E-state index in [0.29, 0.717) is 5.02 Å². The molecule has 4 nitrogen and oxygen atoms in total. The van der Waals surface area contributed by atoms with Crippen LogP contribution in [0.4, 0.5) is 0 Å². The minimum Gasteiger partial charge on any atom is -0.200 e. The van der Waals surface area contributed by atoms with Crippen LogP contribution in [0.25, 0.3) is 0 Å². The summed E-state index contributed by atoms with van der Waals surface area (Å²) in [5.41, 5.74) is 0.725. The van der Waals surface area contributed by atoms with Crippen molar-refractivity contribution in [3.8, 4) is 0 Å². The number of sulfonamides is 1. The van der Waals surface area contributed by atoms with Gasteiger partial charge in [-0.15, -0.1) is 0 Å². The number of rotatable bonds is 4. The summed E-state index contributed by atoms with van der Waals surface area (Å²) < 4.78 is 23.6. The molecule has 0 heterocycles. The van der Waals surface area contributed by atoms with E-state index in [4.69, 9.17) is 11.6 Å². The van der Waals surface area contributed by atoms with Gasteiger partial charge in [0.05, 0.1) is 4.90 Å². The quantitative estimate of drug-likeness (QED) is 0.678. The van der Waals surface area contributed by atoms with Crippen molar-refractivity contribution in [1.29, 1.82) is 0 Å². The molecule has 0 unspecified atom stereocenters. The van der Waals surface area contributed by atoms with Gasteiger partial charge in [-0.05, 0) is 37.1 Å². The third-order valence-electron chi connectivity index (χ3n) is 2.30. The molecule has 0 amide bonds. The maximum absolute atomic E-state index is 11.8. The second-order valence-corrected chi connectivity index (χ2v) is 6.05. The Hall–Kier alpha value is -1.07. The molecule has 0 aromatic heterocycles. The zero-order valence-electron chi connectivity index (χ0n) is 9.94. The summed E-state index contributed by atoms with van der Waals surface area (Å²) in [5, 5.41) is 4.33. The molecular formula is C11H15ClN2O2S. The lowest BCUT2D eigenvalue weighted by molar-refractivity contribution is 0.584. The Kier molecular flexibility index (Phi) is 4.54. The average Bonchev–Trinajstić information content (AvgIpc) is 2.26. The molecule has 0 aliphatic heterocycles. The fourth-order valence-corrected chi connectivity index (χ4v) is 1.92. The number of hydrogen-bond acceptors (Lipinski definition) is 3. The summed E-state index contributed by atoms with van der Waals surface area (Å²) in [4.78, 5) is 2.33. The van der Waals surface area contributed by atoms with Crippen molar-refractivity contribution in [1.82, 2.24) is 4.83 Å². The number of hydrogen-bond donors (Lipinski definition) is 1. The average molecular weight is 275 g/mol. The summed E-state index contributed by atoms with van der Waals surface area (Å²) in [6, 6.07) is 5.92. The minimum absolute atomic E-state index is 0.141. The Labute approximate surface area is 107 Å². The molecule has 0 bridgehead atoms. The highest BCUT2D eigenvalue weighted by molar-refractivity contribution is 7.89. The molecule has 6 heteroatoms. The lowest BCUT2D eigenvalue weighted by Gasteiger charge is -2.06. The number of nitrogens with one attached hydrogen (secondary N) is 1. The molecule has 1 aromatic carbocycles. The number of halogens is 1. The van der Waals surface area contributed by atoms with Gasteiger partial charge in [0.15, 0.2) is 0 Å². The third-order valence-corrected chi connectivity index (χ3v) is 3.78. The maximum atomic E-state index is 11.8. The summed E-state index contributed by atoms with van der Waals surface area (Å²) in [7, 11) is -3.60. The summed E-state index contributed by atoms with van der Waals surface area (Å²) in [6.45, 7) is 5.65. The Balaban J connectivity index is 2.90. The van der Waals surface area contributed by atoms with Crippen LogP contribution in [0.1, 0.15) is 20.8 Å². The first kappa shape index (κ1) is 14.0. The molecule has 0 aliphatic carbocycles. The summed E-state index contributed by atoms with van der Waals surface area (Å²) in [6.07, 6.45) is 0. The predicted molar refractivity (Wildman–Crippen MR) is 69.7 cm³/mol. The Morgan fingerprint density at radius 1 is 1.29 bits per heavy atom. The van der Waals surface area contributed by atoms with Gasteiger partial charge < -0.3 is 0 Å². The topological polar surface area (TPSA) is 58.5 Å². The van der Waals surface area contributed by atoms with Gasteiger partial charge in [0, 0.05) is 10.7 Å². The van der Waals surface area contributed by atoms with Crippen molar-refractivity contribution in [3.63, 3.8) is 0 Å². The molecule has 0 fully saturated rings. The fraction of sp³-hybridized carbons (Fsp3) is 0.364. The van der Waals surface area contributed by atoms with E-state index in [1.165, 1.54) is 24.3 Å². The lowest BCUT2D eigenvalue weighted by Crippen LogP contribution is -2.20. The summed E-state index contributed by atoms with van der Waals surface area (Å²) in [5.74, 6) is 0.197. The van der Waals surface area contributed by atoms with E-state index < -0.39 is 10.0 Å². The minimum atomic E-state index is -3.60. The molecule has 0 saturated carbocycles. The monoisotopic (exact) mass is 274 g/mol. The van der Waals surface area contributed by atoms with E-state index in [2.05, 4.69) is 9.93 Å². The molecule has 0 atom stereocenters. The molecule has 0 aliphatic rings. The highest BCUT2D eigenvalue weighted by Crippen LogP contribution is 2.13. The van der Waals surface area contributed by atoms with Crippen LogP contribution < -0.4 is 4.83 Å². The van der Waals surface area contributed by atoms with Crippen molar-refractivity contribution >= 4 is 27.3 Å². The molecule has 1 N–H and O–H groups in total. The fourth-order valence-electron chi connectivity index (χ4n) is 0.928. The van der Waals surface area contributed by atoms with Gasteiger partial charge in [-0.2, -0.15) is 13.5 Å². The first-order chi connectivity index (χ1) is 7.83. The maximum Gasteiger partial charge on any atom is 0.276 e. The lowest BCUT2D eigenvalue weighted by atomic mass is 10.1. The molecular weight excluding hydrogens is 260 g/mol. The van der Waals surface area contributed by atoms with Gasteiger partial charge in [0.2, 0.25) is 0 Å². The van der Waals surface area contributed by atoms with Crippen LogP contribution in [0.5, 0.6) is 0 Å². The highest BCUT2D eigenvalue weighted by Gasteiger charge is 2.12. The van der Waals surface area contributed by atoms with Gasteiger partial charge in [-0.3, -0.25) is 0 Å². The molecule has 0 spiro atoms. The second-order valence-electron chi connectivity index (χ2n) is 3.96. The largest absolute Gasteiger partial charge is 0.276 e. The van der Waals surface area contributed by atoms with Crippen molar-refractivity contribution < 1.29 is 8.42 Å². The van der Waals surface area contributed by atoms with Gasteiger partial charge in [-0.1, -0.05) is 25.4 Å². The molecule has 0 radical (unpaired) electrons. The predicted octanol–water partition coefficient (Wildman–Crippen LogP) is 2.65. The van der Waals surface area contributed by atoms with Gasteiger partial charge in [0.1, 0.15) is 0 Å². The Morgan fingerprint density at radius 2 is 1.82 bits per heavy atom. The van der Waals surface area contributed by atoms with Crippen LogP contribution in [0.2, 0.25) is 5.02 Å². The van der Waals surface area contributed by atoms with Crippen LogP contribution in [0.3, 0.4) is 0 Å². The number of benzene rings is 1. The van der Waals surface area contributed by atoms with Gasteiger partial charge in [0.25, 0.3) is 10.0 Å². The van der Waals surface area contributed by atoms with E-state index in [0.717, 1.165) is 5.71 Å². The van der Waals surface area contributed by atoms with Crippen LogP contribution in [-0.4, -0.2) is 14.1 Å². The first-order valence-electron chi connectivity index (χ1n) is 5.14. The van der Waals surface area contributed by atoms with Crippen LogP contribution in [0, 0.1) is 5.92 Å². The SMILES string of the molecule is C/C(=N/NS(=O)(=O)c1ccc(Cl)cc1)C(C)C. The number of nitrogens with zero attached hydrogens (tertiary/aromatic N) is 1. The van der Waals surface area contributed by atoms with E-state index in [1.807, 2.05) is 13.8 Å². The van der Waals surface area contributed by atoms with Gasteiger partial charge in [-0.25, -0.2) is 4.83 Å². The van der Waals surface area contributed by atoms with Crippen LogP contribution in [-0.2, 0) is 10.0 Å². The van der Waals surface area contributed by atoms with Crippen molar-refractivity contribution in [2.45, 2.75) is 25.7 Å². The van der Waals surface area contributed by atoms with E-state index in [9.17, 15) is 8.42 Å². The van der Waals surface area contributed by atoms with E-state index >= 15 is 0 Å². The van der Waals surface area contributed by atoms with E-state index in [-0.39, 0.29) is 10.8 Å². The van der Waals surface area contributed by atoms with Crippen molar-refractivity contribution in [3.05, 3.63) is 29.3 Å². The van der Waals surface area contributed by atoms with Gasteiger partial charge >= 0.3 is 0 Å². The standard InChI is InChI=1S/C11H15ClN2O2S/c1-8(2)9(3)13-14-17(15,16)11-6-4-10(12)5-7-11/h4-8,14H,1-3H3/b13-9-. The van der Waals surface area contributed by atoms with Crippen LogP contribution in [0.15, 0.2) is 34.3 Å². The normalized spacial score (nSPS) is 12.9.